The number of unbranched alkanes of at least 4 members (excludes halogenated alkanes) is 4. The van der Waals surface area contributed by atoms with Gasteiger partial charge in [0, 0.05) is 0 Å². The van der Waals surface area contributed by atoms with Crippen molar-refractivity contribution >= 4 is 17.2 Å². The molecule has 0 bridgehead atoms. The molecule has 0 saturated heterocycles. The fraction of sp³-hybridized carbons (Fsp3) is 0.583. The van der Waals surface area contributed by atoms with Crippen LogP contribution in [0.1, 0.15) is 44.7 Å². The monoisotopic (exact) mass is 253 g/mol. The van der Waals surface area contributed by atoms with Crippen LogP contribution in [0, 0.1) is 0 Å². The molecule has 0 radical (unpaired) electrons. The third kappa shape index (κ3) is 5.58. The number of ether oxygens (including phenoxy) is 1. The van der Waals surface area contributed by atoms with E-state index in [1.54, 1.807) is 6.20 Å². The average Bonchev–Trinajstić information content (AvgIpc) is 2.34. The molecule has 1 rings (SSSR count). The zero-order valence-electron chi connectivity index (χ0n) is 10.2. The van der Waals surface area contributed by atoms with Crippen LogP contribution in [-0.4, -0.2) is 21.6 Å². The summed E-state index contributed by atoms with van der Waals surface area (Å²) in [4.78, 5) is 8.39. The third-order valence-corrected chi connectivity index (χ3v) is 2.59. The van der Waals surface area contributed by atoms with Crippen LogP contribution in [0.15, 0.2) is 12.4 Å². The van der Waals surface area contributed by atoms with Crippen LogP contribution in [-0.2, 0) is 0 Å². The quantitative estimate of drug-likeness (QED) is 0.569. The molecule has 2 N–H and O–H groups in total. The van der Waals surface area contributed by atoms with E-state index in [2.05, 4.69) is 16.9 Å². The molecule has 1 aromatic heterocycles. The summed E-state index contributed by atoms with van der Waals surface area (Å²) in [5.74, 6) is 0.528. The molecule has 0 aliphatic carbocycles. The lowest BCUT2D eigenvalue weighted by Gasteiger charge is -2.05. The van der Waals surface area contributed by atoms with Crippen molar-refractivity contribution < 1.29 is 4.74 Å². The van der Waals surface area contributed by atoms with Crippen LogP contribution < -0.4 is 10.5 Å². The molecule has 17 heavy (non-hydrogen) atoms. The Morgan fingerprint density at radius 1 is 1.24 bits per heavy atom. The van der Waals surface area contributed by atoms with E-state index < -0.39 is 0 Å². The second-order valence-electron chi connectivity index (χ2n) is 3.87. The molecule has 0 aromatic carbocycles. The van der Waals surface area contributed by atoms with Crippen molar-refractivity contribution in [2.24, 2.45) is 5.73 Å². The maximum Gasteiger partial charge on any atom is 0.232 e. The minimum absolute atomic E-state index is 0.253. The number of thiocarbonyl (C=S) groups is 1. The lowest BCUT2D eigenvalue weighted by Crippen LogP contribution is -2.12. The van der Waals surface area contributed by atoms with Crippen molar-refractivity contribution in [3.8, 4) is 5.88 Å². The van der Waals surface area contributed by atoms with Crippen LogP contribution in [0.2, 0.25) is 0 Å². The first kappa shape index (κ1) is 13.8. The van der Waals surface area contributed by atoms with Crippen molar-refractivity contribution in [2.75, 3.05) is 6.61 Å². The normalized spacial score (nSPS) is 10.2. The molecule has 1 heterocycles. The fourth-order valence-corrected chi connectivity index (χ4v) is 1.51. The number of aromatic nitrogens is 2. The third-order valence-electron chi connectivity index (χ3n) is 2.38. The Kier molecular flexibility index (Phi) is 6.47. The summed E-state index contributed by atoms with van der Waals surface area (Å²) in [7, 11) is 0. The fourth-order valence-electron chi connectivity index (χ4n) is 1.40. The Bertz CT molecular complexity index is 340. The van der Waals surface area contributed by atoms with E-state index in [1.165, 1.54) is 31.9 Å². The molecule has 0 atom stereocenters. The van der Waals surface area contributed by atoms with Gasteiger partial charge in [0.05, 0.1) is 19.0 Å². The van der Waals surface area contributed by atoms with Gasteiger partial charge in [0.25, 0.3) is 0 Å². The van der Waals surface area contributed by atoms with Gasteiger partial charge in [-0.05, 0) is 6.42 Å². The molecule has 1 aromatic rings. The summed E-state index contributed by atoms with van der Waals surface area (Å²) < 4.78 is 5.46. The first-order chi connectivity index (χ1) is 8.24. The van der Waals surface area contributed by atoms with Gasteiger partial charge in [0.2, 0.25) is 5.88 Å². The summed E-state index contributed by atoms with van der Waals surface area (Å²) in [6.45, 7) is 2.89. The van der Waals surface area contributed by atoms with E-state index in [9.17, 15) is 0 Å². The SMILES string of the molecule is CCCCCCCOc1cnc(C(N)=S)cn1. The molecular weight excluding hydrogens is 234 g/mol. The Balaban J connectivity index is 2.21. The van der Waals surface area contributed by atoms with E-state index in [-0.39, 0.29) is 4.99 Å². The molecule has 0 aliphatic rings. The van der Waals surface area contributed by atoms with Crippen molar-refractivity contribution in [3.63, 3.8) is 0 Å². The first-order valence-corrected chi connectivity index (χ1v) is 6.39. The first-order valence-electron chi connectivity index (χ1n) is 5.98. The molecule has 4 nitrogen and oxygen atoms in total. The highest BCUT2D eigenvalue weighted by molar-refractivity contribution is 7.80. The smallest absolute Gasteiger partial charge is 0.232 e. The van der Waals surface area contributed by atoms with E-state index in [0.29, 0.717) is 18.2 Å². The lowest BCUT2D eigenvalue weighted by atomic mass is 10.2. The lowest BCUT2D eigenvalue weighted by molar-refractivity contribution is 0.292. The van der Waals surface area contributed by atoms with Crippen LogP contribution >= 0.6 is 12.2 Å². The molecule has 0 unspecified atom stereocenters. The molecule has 0 spiro atoms. The second-order valence-corrected chi connectivity index (χ2v) is 4.31. The summed E-state index contributed by atoms with van der Waals surface area (Å²) in [5, 5.41) is 0. The highest BCUT2D eigenvalue weighted by Crippen LogP contribution is 2.07. The molecule has 0 aliphatic heterocycles. The summed E-state index contributed by atoms with van der Waals surface area (Å²) in [6.07, 6.45) is 9.17. The van der Waals surface area contributed by atoms with Crippen LogP contribution in [0.3, 0.4) is 0 Å². The minimum Gasteiger partial charge on any atom is -0.477 e. The molecule has 94 valence electrons. The van der Waals surface area contributed by atoms with Gasteiger partial charge in [-0.15, -0.1) is 0 Å². The van der Waals surface area contributed by atoms with Crippen LogP contribution in [0.25, 0.3) is 0 Å². The van der Waals surface area contributed by atoms with Gasteiger partial charge in [-0.2, -0.15) is 0 Å². The highest BCUT2D eigenvalue weighted by Gasteiger charge is 2.00. The Hall–Kier alpha value is -1.23. The molecule has 0 saturated carbocycles. The van der Waals surface area contributed by atoms with E-state index >= 15 is 0 Å². The van der Waals surface area contributed by atoms with Gasteiger partial charge < -0.3 is 10.5 Å². The number of nitrogens with two attached hydrogens (primary N) is 1. The van der Waals surface area contributed by atoms with Crippen molar-refractivity contribution in [1.29, 1.82) is 0 Å². The second kappa shape index (κ2) is 7.95. The summed E-state index contributed by atoms with van der Waals surface area (Å²) >= 11 is 4.79. The predicted octanol–water partition coefficient (Wildman–Crippen LogP) is 2.46. The topological polar surface area (TPSA) is 61.0 Å². The van der Waals surface area contributed by atoms with E-state index in [0.717, 1.165) is 6.42 Å². The van der Waals surface area contributed by atoms with Gasteiger partial charge in [-0.25, -0.2) is 9.97 Å². The maximum absolute atomic E-state index is 5.46. The van der Waals surface area contributed by atoms with Crippen molar-refractivity contribution in [2.45, 2.75) is 39.0 Å². The highest BCUT2D eigenvalue weighted by atomic mass is 32.1. The molecular formula is C12H19N3OS. The zero-order valence-corrected chi connectivity index (χ0v) is 11.0. The maximum atomic E-state index is 5.46. The van der Waals surface area contributed by atoms with E-state index in [1.807, 2.05) is 0 Å². The number of nitrogens with zero attached hydrogens (tertiary/aromatic N) is 2. The zero-order chi connectivity index (χ0) is 12.5. The van der Waals surface area contributed by atoms with Crippen molar-refractivity contribution in [1.82, 2.24) is 9.97 Å². The standard InChI is InChI=1S/C12H19N3OS/c1-2-3-4-5-6-7-16-11-9-14-10(8-15-11)12(13)17/h8-9H,2-7H2,1H3,(H2,13,17). The van der Waals surface area contributed by atoms with Crippen molar-refractivity contribution in [3.05, 3.63) is 18.1 Å². The Morgan fingerprint density at radius 3 is 2.59 bits per heavy atom. The molecule has 5 heteroatoms. The van der Waals surface area contributed by atoms with Gasteiger partial charge in [-0.1, -0.05) is 44.8 Å². The van der Waals surface area contributed by atoms with Gasteiger partial charge in [0.1, 0.15) is 10.7 Å². The Morgan fingerprint density at radius 2 is 2.00 bits per heavy atom. The average molecular weight is 253 g/mol. The number of rotatable bonds is 8. The molecule has 0 fully saturated rings. The van der Waals surface area contributed by atoms with Gasteiger partial charge >= 0.3 is 0 Å². The number of hydrogen-bond donors (Lipinski definition) is 1. The number of hydrogen-bond acceptors (Lipinski definition) is 4. The Labute approximate surface area is 108 Å². The molecule has 0 amide bonds. The minimum atomic E-state index is 0.253. The summed E-state index contributed by atoms with van der Waals surface area (Å²) in [5.41, 5.74) is 5.94. The van der Waals surface area contributed by atoms with Gasteiger partial charge in [-0.3, -0.25) is 0 Å². The predicted molar refractivity (Wildman–Crippen MR) is 72.2 cm³/mol. The summed E-state index contributed by atoms with van der Waals surface area (Å²) in [6, 6.07) is 0. The van der Waals surface area contributed by atoms with E-state index in [4.69, 9.17) is 22.7 Å². The van der Waals surface area contributed by atoms with Crippen LogP contribution in [0.4, 0.5) is 0 Å². The largest absolute Gasteiger partial charge is 0.477 e. The van der Waals surface area contributed by atoms with Gasteiger partial charge in [0.15, 0.2) is 0 Å². The van der Waals surface area contributed by atoms with Crippen LogP contribution in [0.5, 0.6) is 5.88 Å².